The average Bonchev–Trinajstić information content (AvgIpc) is 2.84. The standard InChI is InChI=1S/C21H23N5O.C2HF3O2/c22-13-21(16-4-2-1-3-5-16)8-10-26(11-9-21)20(27)15-6-7-17-18(12-15)24-14-25-19(17)23;3-2(4,5)1(6)7/h1-7,12,14H,8-11,13,22H2,(H2,23,24,25);(H,6,7). The zero-order valence-electron chi connectivity index (χ0n) is 18.1. The normalized spacial score (nSPS) is 15.4. The number of nitrogens with two attached hydrogens (primary N) is 2. The van der Waals surface area contributed by atoms with E-state index < -0.39 is 12.1 Å². The van der Waals surface area contributed by atoms with E-state index >= 15 is 0 Å². The second-order valence-electron chi connectivity index (χ2n) is 7.94. The van der Waals surface area contributed by atoms with Gasteiger partial charge in [-0.2, -0.15) is 13.2 Å². The van der Waals surface area contributed by atoms with E-state index in [-0.39, 0.29) is 11.3 Å². The zero-order chi connectivity index (χ0) is 24.9. The highest BCUT2D eigenvalue weighted by Crippen LogP contribution is 2.35. The maximum Gasteiger partial charge on any atom is 0.490 e. The number of likely N-dealkylation sites (tertiary alicyclic amines) is 1. The summed E-state index contributed by atoms with van der Waals surface area (Å²) < 4.78 is 31.7. The summed E-state index contributed by atoms with van der Waals surface area (Å²) in [4.78, 5) is 32.0. The molecule has 0 spiro atoms. The monoisotopic (exact) mass is 475 g/mol. The van der Waals surface area contributed by atoms with Gasteiger partial charge in [0.05, 0.1) is 5.52 Å². The van der Waals surface area contributed by atoms with Gasteiger partial charge in [0.2, 0.25) is 0 Å². The van der Waals surface area contributed by atoms with Crippen molar-refractivity contribution in [2.75, 3.05) is 25.4 Å². The lowest BCUT2D eigenvalue weighted by Crippen LogP contribution is -2.48. The van der Waals surface area contributed by atoms with Gasteiger partial charge < -0.3 is 21.5 Å². The highest BCUT2D eigenvalue weighted by atomic mass is 19.4. The zero-order valence-corrected chi connectivity index (χ0v) is 18.1. The number of hydrogen-bond acceptors (Lipinski definition) is 6. The van der Waals surface area contributed by atoms with Crippen molar-refractivity contribution in [3.8, 4) is 0 Å². The van der Waals surface area contributed by atoms with Crippen LogP contribution in [0.3, 0.4) is 0 Å². The number of anilines is 1. The van der Waals surface area contributed by atoms with Gasteiger partial charge >= 0.3 is 12.1 Å². The molecule has 1 fully saturated rings. The van der Waals surface area contributed by atoms with Gasteiger partial charge in [-0.25, -0.2) is 14.8 Å². The van der Waals surface area contributed by atoms with Gasteiger partial charge in [0.1, 0.15) is 12.1 Å². The first-order valence-electron chi connectivity index (χ1n) is 10.4. The number of carbonyl (C=O) groups is 2. The number of nitrogen functional groups attached to an aromatic ring is 1. The molecule has 2 heterocycles. The van der Waals surface area contributed by atoms with E-state index in [1.54, 1.807) is 12.1 Å². The lowest BCUT2D eigenvalue weighted by atomic mass is 9.73. The van der Waals surface area contributed by atoms with E-state index in [2.05, 4.69) is 22.1 Å². The van der Waals surface area contributed by atoms with Crippen LogP contribution in [0.15, 0.2) is 54.9 Å². The molecular formula is C23H24F3N5O3. The molecular weight excluding hydrogens is 451 g/mol. The number of alkyl halides is 3. The minimum atomic E-state index is -5.08. The number of aromatic nitrogens is 2. The van der Waals surface area contributed by atoms with E-state index in [1.807, 2.05) is 29.2 Å². The second-order valence-corrected chi connectivity index (χ2v) is 7.94. The topological polar surface area (TPSA) is 135 Å². The van der Waals surface area contributed by atoms with Crippen LogP contribution in [0.25, 0.3) is 10.9 Å². The van der Waals surface area contributed by atoms with E-state index in [0.717, 1.165) is 18.2 Å². The van der Waals surface area contributed by atoms with Crippen LogP contribution < -0.4 is 11.5 Å². The summed E-state index contributed by atoms with van der Waals surface area (Å²) in [6.07, 6.45) is -1.94. The molecule has 0 atom stereocenters. The fraction of sp³-hybridized carbons (Fsp3) is 0.304. The van der Waals surface area contributed by atoms with Crippen LogP contribution in [0.5, 0.6) is 0 Å². The lowest BCUT2D eigenvalue weighted by Gasteiger charge is -2.41. The Morgan fingerprint density at radius 2 is 1.68 bits per heavy atom. The van der Waals surface area contributed by atoms with Crippen molar-refractivity contribution < 1.29 is 27.9 Å². The molecule has 1 amide bonds. The summed E-state index contributed by atoms with van der Waals surface area (Å²) in [7, 11) is 0. The SMILES string of the molecule is NCC1(c2ccccc2)CCN(C(=O)c2ccc3c(N)ncnc3c2)CC1.O=C(O)C(F)(F)F. The number of hydrogen-bond donors (Lipinski definition) is 3. The molecule has 4 rings (SSSR count). The number of nitrogens with zero attached hydrogens (tertiary/aromatic N) is 3. The third kappa shape index (κ3) is 5.42. The van der Waals surface area contributed by atoms with E-state index in [4.69, 9.17) is 21.4 Å². The van der Waals surface area contributed by atoms with E-state index in [0.29, 0.717) is 36.5 Å². The second kappa shape index (κ2) is 10.0. The highest BCUT2D eigenvalue weighted by Gasteiger charge is 2.38. The maximum atomic E-state index is 13.0. The third-order valence-electron chi connectivity index (χ3n) is 5.94. The van der Waals surface area contributed by atoms with Crippen LogP contribution in [0.2, 0.25) is 0 Å². The number of amides is 1. The fourth-order valence-electron chi connectivity index (χ4n) is 3.93. The first kappa shape index (κ1) is 24.9. The Hall–Kier alpha value is -3.73. The number of rotatable bonds is 3. The molecule has 2 aromatic carbocycles. The molecule has 34 heavy (non-hydrogen) atoms. The maximum absolute atomic E-state index is 13.0. The molecule has 1 aromatic heterocycles. The van der Waals surface area contributed by atoms with Crippen LogP contribution in [-0.2, 0) is 10.2 Å². The van der Waals surface area contributed by atoms with Crippen molar-refractivity contribution in [3.63, 3.8) is 0 Å². The Morgan fingerprint density at radius 3 is 2.24 bits per heavy atom. The van der Waals surface area contributed by atoms with E-state index in [1.165, 1.54) is 11.9 Å². The van der Waals surface area contributed by atoms with Gasteiger partial charge in [-0.05, 0) is 36.6 Å². The number of carbonyl (C=O) groups excluding carboxylic acids is 1. The molecule has 0 unspecified atom stereocenters. The van der Waals surface area contributed by atoms with Crippen LogP contribution in [-0.4, -0.2) is 57.7 Å². The molecule has 3 aromatic rings. The number of piperidine rings is 1. The van der Waals surface area contributed by atoms with Crippen molar-refractivity contribution in [2.45, 2.75) is 24.4 Å². The molecule has 1 aliphatic heterocycles. The van der Waals surface area contributed by atoms with Crippen LogP contribution in [0, 0.1) is 0 Å². The summed E-state index contributed by atoms with van der Waals surface area (Å²) in [5.74, 6) is -2.31. The smallest absolute Gasteiger partial charge is 0.475 e. The quantitative estimate of drug-likeness (QED) is 0.530. The predicted molar refractivity (Wildman–Crippen MR) is 120 cm³/mol. The molecule has 11 heteroatoms. The Labute approximate surface area is 193 Å². The van der Waals surface area contributed by atoms with Crippen LogP contribution in [0.1, 0.15) is 28.8 Å². The predicted octanol–water partition coefficient (Wildman–Crippen LogP) is 2.98. The van der Waals surface area contributed by atoms with Crippen LogP contribution >= 0.6 is 0 Å². The third-order valence-corrected chi connectivity index (χ3v) is 5.94. The van der Waals surface area contributed by atoms with Crippen molar-refractivity contribution in [1.29, 1.82) is 0 Å². The summed E-state index contributed by atoms with van der Waals surface area (Å²) in [6.45, 7) is 1.97. The summed E-state index contributed by atoms with van der Waals surface area (Å²) in [5.41, 5.74) is 14.5. The highest BCUT2D eigenvalue weighted by molar-refractivity contribution is 5.99. The van der Waals surface area contributed by atoms with Crippen molar-refractivity contribution in [1.82, 2.24) is 14.9 Å². The minimum Gasteiger partial charge on any atom is -0.475 e. The number of halogens is 3. The molecule has 0 radical (unpaired) electrons. The minimum absolute atomic E-state index is 0.0211. The number of carboxylic acids is 1. The molecule has 0 bridgehead atoms. The molecule has 0 aliphatic carbocycles. The molecule has 1 aliphatic rings. The molecule has 5 N–H and O–H groups in total. The van der Waals surface area contributed by atoms with Crippen molar-refractivity contribution >= 4 is 28.6 Å². The first-order chi connectivity index (χ1) is 16.1. The number of benzene rings is 2. The Bertz CT molecular complexity index is 1160. The number of fused-ring (bicyclic) bond motifs is 1. The van der Waals surface area contributed by atoms with Gasteiger partial charge in [0, 0.05) is 36.0 Å². The van der Waals surface area contributed by atoms with Crippen LogP contribution in [0.4, 0.5) is 19.0 Å². The summed E-state index contributed by atoms with van der Waals surface area (Å²) in [5, 5.41) is 7.89. The summed E-state index contributed by atoms with van der Waals surface area (Å²) >= 11 is 0. The molecule has 0 saturated carbocycles. The number of aliphatic carboxylic acids is 1. The first-order valence-corrected chi connectivity index (χ1v) is 10.4. The Kier molecular flexibility index (Phi) is 7.35. The number of carboxylic acid groups (broad SMARTS) is 1. The lowest BCUT2D eigenvalue weighted by molar-refractivity contribution is -0.192. The van der Waals surface area contributed by atoms with Crippen molar-refractivity contribution in [2.24, 2.45) is 5.73 Å². The van der Waals surface area contributed by atoms with Gasteiger partial charge in [-0.15, -0.1) is 0 Å². The average molecular weight is 475 g/mol. The van der Waals surface area contributed by atoms with Gasteiger partial charge in [0.15, 0.2) is 0 Å². The van der Waals surface area contributed by atoms with Gasteiger partial charge in [0.25, 0.3) is 5.91 Å². The van der Waals surface area contributed by atoms with Gasteiger partial charge in [-0.3, -0.25) is 4.79 Å². The largest absolute Gasteiger partial charge is 0.490 e. The Morgan fingerprint density at radius 1 is 1.06 bits per heavy atom. The molecule has 8 nitrogen and oxygen atoms in total. The van der Waals surface area contributed by atoms with Crippen molar-refractivity contribution in [3.05, 3.63) is 66.0 Å². The summed E-state index contributed by atoms with van der Waals surface area (Å²) in [6, 6.07) is 15.8. The molecule has 180 valence electrons. The Balaban J connectivity index is 0.000000406. The fourth-order valence-corrected chi connectivity index (χ4v) is 3.93. The van der Waals surface area contributed by atoms with Gasteiger partial charge in [-0.1, -0.05) is 30.3 Å². The van der Waals surface area contributed by atoms with E-state index in [9.17, 15) is 18.0 Å². The molecule has 1 saturated heterocycles.